The van der Waals surface area contributed by atoms with E-state index in [4.69, 9.17) is 11.6 Å². The van der Waals surface area contributed by atoms with Gasteiger partial charge in [0.1, 0.15) is 11.7 Å². The molecule has 0 radical (unpaired) electrons. The van der Waals surface area contributed by atoms with Crippen LogP contribution in [0.5, 0.6) is 0 Å². The first-order valence-corrected chi connectivity index (χ1v) is 11.8. The second-order valence-corrected chi connectivity index (χ2v) is 9.43. The van der Waals surface area contributed by atoms with E-state index in [-0.39, 0.29) is 28.5 Å². The maximum atomic E-state index is 13.5. The highest BCUT2D eigenvalue weighted by Gasteiger charge is 2.32. The quantitative estimate of drug-likeness (QED) is 0.363. The van der Waals surface area contributed by atoms with Crippen LogP contribution in [0.25, 0.3) is 0 Å². The van der Waals surface area contributed by atoms with E-state index in [9.17, 15) is 14.9 Å². The molecule has 6 nitrogen and oxygen atoms in total. The summed E-state index contributed by atoms with van der Waals surface area (Å²) in [6.07, 6.45) is 6.03. The number of hydrogen-bond donors (Lipinski definition) is 1. The first kappa shape index (κ1) is 24.1. The minimum Gasteiger partial charge on any atom is -0.352 e. The number of benzene rings is 2. The number of nitrogens with zero attached hydrogens (tertiary/aromatic N) is 2. The van der Waals surface area contributed by atoms with Crippen molar-refractivity contribution in [1.29, 1.82) is 0 Å². The Labute approximate surface area is 195 Å². The minimum atomic E-state index is -0.520. The normalized spacial score (nSPS) is 15.4. The third kappa shape index (κ3) is 6.45. The highest BCUT2D eigenvalue weighted by atomic mass is 35.5. The molecule has 32 heavy (non-hydrogen) atoms. The molecule has 0 bridgehead atoms. The van der Waals surface area contributed by atoms with Crippen molar-refractivity contribution in [3.63, 3.8) is 0 Å². The van der Waals surface area contributed by atoms with E-state index in [1.54, 1.807) is 30.3 Å². The lowest BCUT2D eigenvalue weighted by Crippen LogP contribution is -2.50. The van der Waals surface area contributed by atoms with Crippen molar-refractivity contribution in [2.75, 3.05) is 4.90 Å². The number of carbonyl (C=O) groups is 1. The summed E-state index contributed by atoms with van der Waals surface area (Å²) in [4.78, 5) is 26.9. The summed E-state index contributed by atoms with van der Waals surface area (Å²) in [5.41, 5.74) is 1.39. The van der Waals surface area contributed by atoms with Crippen molar-refractivity contribution in [3.8, 4) is 0 Å². The number of halogens is 1. The van der Waals surface area contributed by atoms with Crippen molar-refractivity contribution in [1.82, 2.24) is 5.32 Å². The summed E-state index contributed by atoms with van der Waals surface area (Å²) in [6, 6.07) is 13.7. The number of para-hydroxylation sites is 2. The average Bonchev–Trinajstić information content (AvgIpc) is 2.78. The number of nitro groups is 1. The van der Waals surface area contributed by atoms with Crippen molar-refractivity contribution < 1.29 is 9.72 Å². The molecule has 1 aliphatic carbocycles. The fourth-order valence-electron chi connectivity index (χ4n) is 4.38. The topological polar surface area (TPSA) is 75.5 Å². The van der Waals surface area contributed by atoms with Gasteiger partial charge in [-0.3, -0.25) is 14.9 Å². The van der Waals surface area contributed by atoms with Crippen LogP contribution in [0.4, 0.5) is 11.4 Å². The average molecular weight is 458 g/mol. The molecule has 0 spiro atoms. The second-order valence-electron chi connectivity index (χ2n) is 8.99. The molecule has 0 aliphatic heterocycles. The Balaban J connectivity index is 1.99. The van der Waals surface area contributed by atoms with Crippen LogP contribution < -0.4 is 10.2 Å². The van der Waals surface area contributed by atoms with Gasteiger partial charge in [-0.25, -0.2) is 0 Å². The van der Waals surface area contributed by atoms with E-state index < -0.39 is 6.04 Å². The summed E-state index contributed by atoms with van der Waals surface area (Å²) in [6.45, 7) is 4.51. The Morgan fingerprint density at radius 1 is 1.12 bits per heavy atom. The minimum absolute atomic E-state index is 0.000635. The zero-order valence-electron chi connectivity index (χ0n) is 18.8. The highest BCUT2D eigenvalue weighted by Crippen LogP contribution is 2.33. The Morgan fingerprint density at radius 3 is 2.41 bits per heavy atom. The van der Waals surface area contributed by atoms with Gasteiger partial charge in [-0.1, -0.05) is 69.0 Å². The molecule has 1 aliphatic rings. The van der Waals surface area contributed by atoms with Crippen LogP contribution in [0.15, 0.2) is 48.5 Å². The number of anilines is 1. The van der Waals surface area contributed by atoms with E-state index in [2.05, 4.69) is 19.2 Å². The van der Waals surface area contributed by atoms with Crippen LogP contribution in [0.3, 0.4) is 0 Å². The Hall–Kier alpha value is -2.60. The monoisotopic (exact) mass is 457 g/mol. The largest absolute Gasteiger partial charge is 0.352 e. The molecular formula is C25H32ClN3O3. The third-order valence-electron chi connectivity index (χ3n) is 5.98. The third-order valence-corrected chi connectivity index (χ3v) is 6.23. The molecule has 1 N–H and O–H groups in total. The maximum Gasteiger partial charge on any atom is 0.292 e. The van der Waals surface area contributed by atoms with Gasteiger partial charge in [-0.15, -0.1) is 0 Å². The lowest BCUT2D eigenvalue weighted by atomic mass is 9.94. The van der Waals surface area contributed by atoms with E-state index in [1.807, 2.05) is 17.0 Å². The number of carbonyl (C=O) groups excluding carboxylic acids is 1. The Bertz CT molecular complexity index is 911. The van der Waals surface area contributed by atoms with Crippen LogP contribution >= 0.6 is 11.6 Å². The van der Waals surface area contributed by atoms with Gasteiger partial charge in [0.05, 0.1) is 4.92 Å². The first-order chi connectivity index (χ1) is 15.3. The molecule has 0 aromatic heterocycles. The smallest absolute Gasteiger partial charge is 0.292 e. The molecule has 7 heteroatoms. The van der Waals surface area contributed by atoms with Crippen LogP contribution in [0.1, 0.15) is 57.9 Å². The zero-order chi connectivity index (χ0) is 23.1. The number of rotatable bonds is 9. The van der Waals surface area contributed by atoms with E-state index in [0.717, 1.165) is 31.2 Å². The lowest BCUT2D eigenvalue weighted by molar-refractivity contribution is -0.384. The maximum absolute atomic E-state index is 13.5. The van der Waals surface area contributed by atoms with Crippen molar-refractivity contribution >= 4 is 28.9 Å². The number of nitro benzene ring substituents is 1. The van der Waals surface area contributed by atoms with Crippen LogP contribution in [-0.4, -0.2) is 22.9 Å². The van der Waals surface area contributed by atoms with Gasteiger partial charge in [0, 0.05) is 23.7 Å². The molecule has 1 amide bonds. The van der Waals surface area contributed by atoms with Crippen LogP contribution in [0, 0.1) is 16.0 Å². The predicted octanol–water partition coefficient (Wildman–Crippen LogP) is 6.12. The second kappa shape index (κ2) is 11.3. The summed E-state index contributed by atoms with van der Waals surface area (Å²) < 4.78 is 0. The fraction of sp³-hybridized carbons (Fsp3) is 0.480. The van der Waals surface area contributed by atoms with Gasteiger partial charge in [0.15, 0.2) is 0 Å². The molecule has 2 aromatic rings. The SMILES string of the molecule is CC(C)CC(C(=O)NC1CCCCC1)N(Cc1ccc(Cl)cc1)c1ccccc1[N+](=O)[O-]. The first-order valence-electron chi connectivity index (χ1n) is 11.4. The number of hydrogen-bond acceptors (Lipinski definition) is 4. The molecule has 1 fully saturated rings. The van der Waals surface area contributed by atoms with Crippen LogP contribution in [0.2, 0.25) is 5.02 Å². The lowest BCUT2D eigenvalue weighted by Gasteiger charge is -2.35. The molecule has 1 saturated carbocycles. The zero-order valence-corrected chi connectivity index (χ0v) is 19.6. The fourth-order valence-corrected chi connectivity index (χ4v) is 4.50. The van der Waals surface area contributed by atoms with E-state index >= 15 is 0 Å². The predicted molar refractivity (Wildman–Crippen MR) is 129 cm³/mol. The standard InChI is InChI=1S/C25H32ClN3O3/c1-18(2)16-24(25(30)27-21-8-4-3-5-9-21)28(17-19-12-14-20(26)15-13-19)22-10-6-7-11-23(22)29(31)32/h6-7,10-15,18,21,24H,3-5,8-9,16-17H2,1-2H3,(H,27,30). The number of amides is 1. The van der Waals surface area contributed by atoms with Gasteiger partial charge in [0.2, 0.25) is 5.91 Å². The van der Waals surface area contributed by atoms with Crippen LogP contribution in [-0.2, 0) is 11.3 Å². The van der Waals surface area contributed by atoms with Gasteiger partial charge in [0.25, 0.3) is 5.69 Å². The summed E-state index contributed by atoms with van der Waals surface area (Å²) in [5, 5.41) is 15.7. The summed E-state index contributed by atoms with van der Waals surface area (Å²) in [7, 11) is 0. The van der Waals surface area contributed by atoms with E-state index in [1.165, 1.54) is 12.5 Å². The molecule has 3 rings (SSSR count). The highest BCUT2D eigenvalue weighted by molar-refractivity contribution is 6.30. The van der Waals surface area contributed by atoms with Gasteiger partial charge < -0.3 is 10.2 Å². The van der Waals surface area contributed by atoms with Gasteiger partial charge in [-0.05, 0) is 48.9 Å². The molecule has 172 valence electrons. The van der Waals surface area contributed by atoms with Crippen molar-refractivity contribution in [2.24, 2.45) is 5.92 Å². The molecular weight excluding hydrogens is 426 g/mol. The molecule has 2 aromatic carbocycles. The van der Waals surface area contributed by atoms with Gasteiger partial charge in [-0.2, -0.15) is 0 Å². The Morgan fingerprint density at radius 2 is 1.78 bits per heavy atom. The summed E-state index contributed by atoms with van der Waals surface area (Å²) >= 11 is 6.06. The summed E-state index contributed by atoms with van der Waals surface area (Å²) in [5.74, 6) is 0.185. The van der Waals surface area contributed by atoms with E-state index in [0.29, 0.717) is 23.7 Å². The van der Waals surface area contributed by atoms with Crippen molar-refractivity contribution in [3.05, 3.63) is 69.2 Å². The molecule has 1 unspecified atom stereocenters. The molecule has 1 atom stereocenters. The van der Waals surface area contributed by atoms with Crippen molar-refractivity contribution in [2.45, 2.75) is 71.0 Å². The van der Waals surface area contributed by atoms with Gasteiger partial charge >= 0.3 is 0 Å². The Kier molecular flexibility index (Phi) is 8.51. The number of nitrogens with one attached hydrogen (secondary N) is 1. The molecule has 0 saturated heterocycles. The molecule has 0 heterocycles.